The lowest BCUT2D eigenvalue weighted by atomic mass is 10.0. The van der Waals surface area contributed by atoms with E-state index in [4.69, 9.17) is 5.11 Å². The van der Waals surface area contributed by atoms with Crippen molar-refractivity contribution in [3.8, 4) is 0 Å². The fourth-order valence-corrected chi connectivity index (χ4v) is 2.41. The van der Waals surface area contributed by atoms with Crippen LogP contribution in [0.4, 0.5) is 0 Å². The lowest BCUT2D eigenvalue weighted by Crippen LogP contribution is -2.22. The average Bonchev–Trinajstić information content (AvgIpc) is 2.55. The number of carbonyl (C=O) groups excluding carboxylic acids is 1. The Morgan fingerprint density at radius 1 is 1.00 bits per heavy atom. The molecule has 0 fully saturated rings. The first kappa shape index (κ1) is 16.7. The van der Waals surface area contributed by atoms with Crippen LogP contribution in [0.1, 0.15) is 31.2 Å². The van der Waals surface area contributed by atoms with Gasteiger partial charge in [0.2, 0.25) is 5.91 Å². The van der Waals surface area contributed by atoms with Crippen LogP contribution in [0.2, 0.25) is 0 Å². The fourth-order valence-electron chi connectivity index (χ4n) is 2.41. The third kappa shape index (κ3) is 5.58. The highest BCUT2D eigenvalue weighted by molar-refractivity contribution is 5.96. The summed E-state index contributed by atoms with van der Waals surface area (Å²) in [5, 5.41) is 13.6. The molecule has 0 bridgehead atoms. The summed E-state index contributed by atoms with van der Waals surface area (Å²) in [4.78, 5) is 22.2. The van der Waals surface area contributed by atoms with Gasteiger partial charge in [-0.1, -0.05) is 48.9 Å². The van der Waals surface area contributed by atoms with Crippen molar-refractivity contribution in [2.45, 2.75) is 25.7 Å². The predicted molar refractivity (Wildman–Crippen MR) is 92.1 cm³/mol. The maximum atomic E-state index is 11.8. The van der Waals surface area contributed by atoms with Gasteiger partial charge in [-0.25, -0.2) is 0 Å². The van der Waals surface area contributed by atoms with E-state index < -0.39 is 5.97 Å². The molecule has 0 radical (unpaired) electrons. The summed E-state index contributed by atoms with van der Waals surface area (Å²) < 4.78 is 0. The number of hydrogen-bond acceptors (Lipinski definition) is 2. The number of rotatable bonds is 8. The second-order valence-corrected chi connectivity index (χ2v) is 5.40. The van der Waals surface area contributed by atoms with Gasteiger partial charge in [-0.05, 0) is 35.3 Å². The van der Waals surface area contributed by atoms with E-state index in [1.54, 1.807) is 6.08 Å². The number of nitrogens with one attached hydrogen (secondary N) is 1. The van der Waals surface area contributed by atoms with E-state index in [1.807, 2.05) is 48.5 Å². The van der Waals surface area contributed by atoms with E-state index >= 15 is 0 Å². The van der Waals surface area contributed by atoms with Crippen LogP contribution in [0.25, 0.3) is 16.8 Å². The van der Waals surface area contributed by atoms with Gasteiger partial charge in [-0.2, -0.15) is 0 Å². The van der Waals surface area contributed by atoms with Crippen molar-refractivity contribution in [2.75, 3.05) is 6.54 Å². The molecule has 0 saturated carbocycles. The Balaban J connectivity index is 1.80. The van der Waals surface area contributed by atoms with Crippen LogP contribution in [0.3, 0.4) is 0 Å². The number of aliphatic carboxylic acids is 1. The minimum atomic E-state index is -0.771. The summed E-state index contributed by atoms with van der Waals surface area (Å²) in [6.07, 6.45) is 5.80. The number of benzene rings is 2. The van der Waals surface area contributed by atoms with Gasteiger partial charge in [0.15, 0.2) is 0 Å². The number of carboxylic acids is 1. The molecule has 2 aromatic carbocycles. The summed E-state index contributed by atoms with van der Waals surface area (Å²) >= 11 is 0. The molecule has 2 aromatic rings. The summed E-state index contributed by atoms with van der Waals surface area (Å²) in [5.41, 5.74) is 1.01. The van der Waals surface area contributed by atoms with Crippen LogP contribution in [-0.2, 0) is 9.59 Å². The van der Waals surface area contributed by atoms with Gasteiger partial charge in [0.25, 0.3) is 0 Å². The Hall–Kier alpha value is -2.62. The van der Waals surface area contributed by atoms with Crippen molar-refractivity contribution in [2.24, 2.45) is 0 Å². The number of hydrogen-bond donors (Lipinski definition) is 2. The Kier molecular flexibility index (Phi) is 6.36. The molecule has 0 atom stereocenters. The molecule has 0 saturated heterocycles. The highest BCUT2D eigenvalue weighted by Crippen LogP contribution is 2.19. The van der Waals surface area contributed by atoms with E-state index in [2.05, 4.69) is 5.32 Å². The molecule has 23 heavy (non-hydrogen) atoms. The van der Waals surface area contributed by atoms with Gasteiger partial charge < -0.3 is 10.4 Å². The third-order valence-corrected chi connectivity index (χ3v) is 3.60. The van der Waals surface area contributed by atoms with Crippen molar-refractivity contribution in [3.05, 3.63) is 54.1 Å². The molecule has 0 unspecified atom stereocenters. The lowest BCUT2D eigenvalue weighted by Gasteiger charge is -2.03. The van der Waals surface area contributed by atoms with Crippen molar-refractivity contribution in [1.29, 1.82) is 0 Å². The van der Waals surface area contributed by atoms with Crippen LogP contribution < -0.4 is 5.32 Å². The topological polar surface area (TPSA) is 66.4 Å². The van der Waals surface area contributed by atoms with Crippen LogP contribution in [0.5, 0.6) is 0 Å². The second-order valence-electron chi connectivity index (χ2n) is 5.40. The molecule has 0 aliphatic rings. The summed E-state index contributed by atoms with van der Waals surface area (Å²) in [7, 11) is 0. The van der Waals surface area contributed by atoms with Crippen LogP contribution in [0, 0.1) is 0 Å². The van der Waals surface area contributed by atoms with Crippen molar-refractivity contribution in [1.82, 2.24) is 5.32 Å². The van der Waals surface area contributed by atoms with Gasteiger partial charge in [-0.3, -0.25) is 9.59 Å². The molecule has 4 heteroatoms. The SMILES string of the molecule is O=C(O)CCCCCNC(=O)/C=C/c1cccc2ccccc12. The smallest absolute Gasteiger partial charge is 0.303 e. The first-order chi connectivity index (χ1) is 11.2. The third-order valence-electron chi connectivity index (χ3n) is 3.60. The lowest BCUT2D eigenvalue weighted by molar-refractivity contribution is -0.137. The zero-order chi connectivity index (χ0) is 16.5. The number of carbonyl (C=O) groups is 2. The summed E-state index contributed by atoms with van der Waals surface area (Å²) in [5.74, 6) is -0.900. The summed E-state index contributed by atoms with van der Waals surface area (Å²) in [6, 6.07) is 14.1. The van der Waals surface area contributed by atoms with Crippen LogP contribution in [-0.4, -0.2) is 23.5 Å². The van der Waals surface area contributed by atoms with E-state index in [0.717, 1.165) is 29.2 Å². The first-order valence-corrected chi connectivity index (χ1v) is 7.82. The molecule has 120 valence electrons. The van der Waals surface area contributed by atoms with Gasteiger partial charge in [0.1, 0.15) is 0 Å². The maximum absolute atomic E-state index is 11.8. The molecular formula is C19H21NO3. The van der Waals surface area contributed by atoms with Crippen LogP contribution >= 0.6 is 0 Å². The number of fused-ring (bicyclic) bond motifs is 1. The highest BCUT2D eigenvalue weighted by atomic mass is 16.4. The molecule has 0 aliphatic carbocycles. The molecule has 1 amide bonds. The molecule has 4 nitrogen and oxygen atoms in total. The van der Waals surface area contributed by atoms with Gasteiger partial charge in [0.05, 0.1) is 0 Å². The molecular weight excluding hydrogens is 290 g/mol. The largest absolute Gasteiger partial charge is 0.481 e. The zero-order valence-corrected chi connectivity index (χ0v) is 13.0. The van der Waals surface area contributed by atoms with E-state index in [9.17, 15) is 9.59 Å². The second kappa shape index (κ2) is 8.73. The Labute approximate surface area is 135 Å². The van der Waals surface area contributed by atoms with Gasteiger partial charge in [0, 0.05) is 19.0 Å². The molecule has 0 aliphatic heterocycles. The number of amides is 1. The summed E-state index contributed by atoms with van der Waals surface area (Å²) in [6.45, 7) is 0.568. The number of unbranched alkanes of at least 4 members (excludes halogenated alkanes) is 2. The highest BCUT2D eigenvalue weighted by Gasteiger charge is 1.99. The molecule has 2 N–H and O–H groups in total. The van der Waals surface area contributed by atoms with E-state index in [-0.39, 0.29) is 12.3 Å². The predicted octanol–water partition coefficient (Wildman–Crippen LogP) is 3.61. The maximum Gasteiger partial charge on any atom is 0.303 e. The Bertz CT molecular complexity index is 701. The zero-order valence-electron chi connectivity index (χ0n) is 13.0. The molecule has 0 spiro atoms. The van der Waals surface area contributed by atoms with Crippen molar-refractivity contribution < 1.29 is 14.7 Å². The quantitative estimate of drug-likeness (QED) is 0.578. The molecule has 2 rings (SSSR count). The fraction of sp³-hybridized carbons (Fsp3) is 0.263. The minimum absolute atomic E-state index is 0.129. The minimum Gasteiger partial charge on any atom is -0.481 e. The van der Waals surface area contributed by atoms with E-state index in [1.165, 1.54) is 0 Å². The average molecular weight is 311 g/mol. The normalized spacial score (nSPS) is 11.0. The molecule has 0 aromatic heterocycles. The monoisotopic (exact) mass is 311 g/mol. The number of carboxylic acid groups (broad SMARTS) is 1. The van der Waals surface area contributed by atoms with E-state index in [0.29, 0.717) is 13.0 Å². The standard InChI is InChI=1S/C19H21NO3/c21-18(20-14-5-1-2-11-19(22)23)13-12-16-9-6-8-15-7-3-4-10-17(15)16/h3-4,6-10,12-13H,1-2,5,11,14H2,(H,20,21)(H,22,23)/b13-12+. The van der Waals surface area contributed by atoms with Gasteiger partial charge in [-0.15, -0.1) is 0 Å². The van der Waals surface area contributed by atoms with Gasteiger partial charge >= 0.3 is 5.97 Å². The van der Waals surface area contributed by atoms with Crippen LogP contribution in [0.15, 0.2) is 48.5 Å². The Morgan fingerprint density at radius 3 is 2.61 bits per heavy atom. The van der Waals surface area contributed by atoms with Crippen molar-refractivity contribution >= 4 is 28.7 Å². The molecule has 0 heterocycles. The first-order valence-electron chi connectivity index (χ1n) is 7.82. The van der Waals surface area contributed by atoms with Crippen molar-refractivity contribution in [3.63, 3.8) is 0 Å². The Morgan fingerprint density at radius 2 is 1.78 bits per heavy atom.